The molecule has 2 rings (SSSR count). The van der Waals surface area contributed by atoms with Crippen molar-refractivity contribution in [3.05, 3.63) is 0 Å². The second-order valence-corrected chi connectivity index (χ2v) is 5.77. The molecule has 1 saturated heterocycles. The first kappa shape index (κ1) is 13.8. The molecule has 2 aliphatic rings. The third-order valence-corrected chi connectivity index (χ3v) is 4.27. The molecule has 18 heavy (non-hydrogen) atoms. The van der Waals surface area contributed by atoms with Gasteiger partial charge in [0.2, 0.25) is 5.91 Å². The molecular formula is C14H27N3O. The fourth-order valence-corrected chi connectivity index (χ4v) is 3.06. The van der Waals surface area contributed by atoms with E-state index < -0.39 is 0 Å². The molecule has 2 fully saturated rings. The second kappa shape index (κ2) is 7.10. The van der Waals surface area contributed by atoms with Gasteiger partial charge in [0.25, 0.3) is 0 Å². The lowest BCUT2D eigenvalue weighted by atomic mass is 10.0. The maximum atomic E-state index is 11.9. The zero-order valence-corrected chi connectivity index (χ0v) is 11.4. The minimum absolute atomic E-state index is 0.156. The molecule has 2 atom stereocenters. The lowest BCUT2D eigenvalue weighted by Gasteiger charge is -2.23. The van der Waals surface area contributed by atoms with Crippen LogP contribution in [0.15, 0.2) is 0 Å². The largest absolute Gasteiger partial charge is 0.352 e. The van der Waals surface area contributed by atoms with Crippen LogP contribution in [-0.4, -0.2) is 42.5 Å². The lowest BCUT2D eigenvalue weighted by molar-refractivity contribution is -0.122. The SMILES string of the molecule is NC1CCCCCC1NC(=O)CCN1CCCC1. The van der Waals surface area contributed by atoms with E-state index in [0.29, 0.717) is 6.42 Å². The van der Waals surface area contributed by atoms with Gasteiger partial charge in [-0.1, -0.05) is 19.3 Å². The molecule has 3 N–H and O–H groups in total. The highest BCUT2D eigenvalue weighted by Crippen LogP contribution is 2.17. The second-order valence-electron chi connectivity index (χ2n) is 5.77. The Balaban J connectivity index is 1.68. The van der Waals surface area contributed by atoms with Crippen LogP contribution in [0.1, 0.15) is 51.4 Å². The van der Waals surface area contributed by atoms with Crippen LogP contribution in [0.4, 0.5) is 0 Å². The van der Waals surface area contributed by atoms with E-state index in [1.807, 2.05) is 0 Å². The maximum absolute atomic E-state index is 11.9. The quantitative estimate of drug-likeness (QED) is 0.741. The standard InChI is InChI=1S/C14H27N3O/c15-12-6-2-1-3-7-13(12)16-14(18)8-11-17-9-4-5-10-17/h12-13H,1-11,15H2,(H,16,18). The number of likely N-dealkylation sites (tertiary alicyclic amines) is 1. The minimum Gasteiger partial charge on any atom is -0.352 e. The van der Waals surface area contributed by atoms with Gasteiger partial charge >= 0.3 is 0 Å². The van der Waals surface area contributed by atoms with Gasteiger partial charge in [0.05, 0.1) is 0 Å². The molecule has 0 radical (unpaired) electrons. The third-order valence-electron chi connectivity index (χ3n) is 4.27. The Bertz CT molecular complexity index is 264. The van der Waals surface area contributed by atoms with Crippen molar-refractivity contribution in [1.29, 1.82) is 0 Å². The van der Waals surface area contributed by atoms with Gasteiger partial charge < -0.3 is 16.0 Å². The monoisotopic (exact) mass is 253 g/mol. The molecule has 1 amide bonds. The van der Waals surface area contributed by atoms with Crippen molar-refractivity contribution < 1.29 is 4.79 Å². The number of carbonyl (C=O) groups is 1. The normalized spacial score (nSPS) is 30.1. The number of hydrogen-bond acceptors (Lipinski definition) is 3. The van der Waals surface area contributed by atoms with Gasteiger partial charge in [0.1, 0.15) is 0 Å². The summed E-state index contributed by atoms with van der Waals surface area (Å²) >= 11 is 0. The Morgan fingerprint density at radius 3 is 2.61 bits per heavy atom. The van der Waals surface area contributed by atoms with E-state index >= 15 is 0 Å². The van der Waals surface area contributed by atoms with Crippen LogP contribution < -0.4 is 11.1 Å². The lowest BCUT2D eigenvalue weighted by Crippen LogP contribution is -2.47. The van der Waals surface area contributed by atoms with Crippen LogP contribution in [0, 0.1) is 0 Å². The number of nitrogens with one attached hydrogen (secondary N) is 1. The molecule has 104 valence electrons. The molecule has 0 spiro atoms. The summed E-state index contributed by atoms with van der Waals surface area (Å²) in [7, 11) is 0. The minimum atomic E-state index is 0.156. The summed E-state index contributed by atoms with van der Waals surface area (Å²) < 4.78 is 0. The van der Waals surface area contributed by atoms with E-state index in [2.05, 4.69) is 10.2 Å². The van der Waals surface area contributed by atoms with E-state index in [1.165, 1.54) is 32.1 Å². The summed E-state index contributed by atoms with van der Waals surface area (Å²) in [6.07, 6.45) is 8.97. The van der Waals surface area contributed by atoms with Crippen molar-refractivity contribution in [3.8, 4) is 0 Å². The zero-order valence-electron chi connectivity index (χ0n) is 11.4. The van der Waals surface area contributed by atoms with Crippen molar-refractivity contribution in [1.82, 2.24) is 10.2 Å². The van der Waals surface area contributed by atoms with Crippen LogP contribution in [-0.2, 0) is 4.79 Å². The van der Waals surface area contributed by atoms with Crippen molar-refractivity contribution >= 4 is 5.91 Å². The van der Waals surface area contributed by atoms with Crippen LogP contribution in [0.25, 0.3) is 0 Å². The average Bonchev–Trinajstić information content (AvgIpc) is 2.80. The van der Waals surface area contributed by atoms with Gasteiger partial charge in [-0.05, 0) is 38.8 Å². The van der Waals surface area contributed by atoms with Crippen LogP contribution in [0.3, 0.4) is 0 Å². The fraction of sp³-hybridized carbons (Fsp3) is 0.929. The molecule has 4 nitrogen and oxygen atoms in total. The van der Waals surface area contributed by atoms with Crippen LogP contribution >= 0.6 is 0 Å². The molecule has 1 heterocycles. The summed E-state index contributed by atoms with van der Waals surface area (Å²) in [6.45, 7) is 3.24. The van der Waals surface area contributed by atoms with Gasteiger partial charge in [0.15, 0.2) is 0 Å². The summed E-state index contributed by atoms with van der Waals surface area (Å²) in [6, 6.07) is 0.363. The van der Waals surface area contributed by atoms with Gasteiger partial charge in [-0.2, -0.15) is 0 Å². The number of nitrogens with zero attached hydrogens (tertiary/aromatic N) is 1. The topological polar surface area (TPSA) is 58.4 Å². The van der Waals surface area contributed by atoms with Crippen molar-refractivity contribution in [3.63, 3.8) is 0 Å². The number of hydrogen-bond donors (Lipinski definition) is 2. The molecule has 0 bridgehead atoms. The predicted octanol–water partition coefficient (Wildman–Crippen LogP) is 1.25. The molecule has 1 aliphatic carbocycles. The average molecular weight is 253 g/mol. The molecule has 0 aromatic carbocycles. The van der Waals surface area contributed by atoms with Crippen molar-refractivity contribution in [2.45, 2.75) is 63.5 Å². The number of carbonyl (C=O) groups excluding carboxylic acids is 1. The molecule has 0 aromatic heterocycles. The first-order valence-electron chi connectivity index (χ1n) is 7.53. The smallest absolute Gasteiger partial charge is 0.221 e. The van der Waals surface area contributed by atoms with E-state index in [4.69, 9.17) is 5.73 Å². The van der Waals surface area contributed by atoms with Gasteiger partial charge in [0, 0.05) is 25.0 Å². The Kier molecular flexibility index (Phi) is 5.45. The first-order valence-corrected chi connectivity index (χ1v) is 7.53. The zero-order chi connectivity index (χ0) is 12.8. The molecule has 2 unspecified atom stereocenters. The Labute approximate surface area is 110 Å². The summed E-state index contributed by atoms with van der Waals surface area (Å²) in [5, 5.41) is 3.14. The predicted molar refractivity (Wildman–Crippen MR) is 73.3 cm³/mol. The number of nitrogens with two attached hydrogens (primary N) is 1. The van der Waals surface area contributed by atoms with Crippen LogP contribution in [0.5, 0.6) is 0 Å². The molecule has 1 aliphatic heterocycles. The van der Waals surface area contributed by atoms with Crippen molar-refractivity contribution in [2.75, 3.05) is 19.6 Å². The van der Waals surface area contributed by atoms with Gasteiger partial charge in [-0.25, -0.2) is 0 Å². The fourth-order valence-electron chi connectivity index (χ4n) is 3.06. The highest BCUT2D eigenvalue weighted by atomic mass is 16.1. The van der Waals surface area contributed by atoms with Gasteiger partial charge in [-0.15, -0.1) is 0 Å². The molecular weight excluding hydrogens is 226 g/mol. The Morgan fingerprint density at radius 2 is 1.83 bits per heavy atom. The van der Waals surface area contributed by atoms with E-state index in [0.717, 1.165) is 32.5 Å². The third kappa shape index (κ3) is 4.25. The highest BCUT2D eigenvalue weighted by Gasteiger charge is 2.22. The number of rotatable bonds is 4. The Morgan fingerprint density at radius 1 is 1.11 bits per heavy atom. The molecule has 1 saturated carbocycles. The molecule has 4 heteroatoms. The maximum Gasteiger partial charge on any atom is 0.221 e. The van der Waals surface area contributed by atoms with E-state index in [-0.39, 0.29) is 18.0 Å². The van der Waals surface area contributed by atoms with Crippen molar-refractivity contribution in [2.24, 2.45) is 5.73 Å². The highest BCUT2D eigenvalue weighted by molar-refractivity contribution is 5.76. The Hall–Kier alpha value is -0.610. The number of amides is 1. The van der Waals surface area contributed by atoms with Gasteiger partial charge in [-0.3, -0.25) is 4.79 Å². The van der Waals surface area contributed by atoms with E-state index in [1.54, 1.807) is 0 Å². The summed E-state index contributed by atoms with van der Waals surface area (Å²) in [4.78, 5) is 14.3. The summed E-state index contributed by atoms with van der Waals surface area (Å²) in [5.74, 6) is 0.184. The first-order chi connectivity index (χ1) is 8.75. The van der Waals surface area contributed by atoms with E-state index in [9.17, 15) is 4.79 Å². The molecule has 0 aromatic rings. The summed E-state index contributed by atoms with van der Waals surface area (Å²) in [5.41, 5.74) is 6.12. The van der Waals surface area contributed by atoms with Crippen LogP contribution in [0.2, 0.25) is 0 Å².